The van der Waals surface area contributed by atoms with Crippen molar-refractivity contribution in [1.82, 2.24) is 20.2 Å². The molecule has 8 heteroatoms. The van der Waals surface area contributed by atoms with Crippen LogP contribution in [0.4, 0.5) is 5.69 Å². The van der Waals surface area contributed by atoms with Crippen molar-refractivity contribution in [3.63, 3.8) is 0 Å². The van der Waals surface area contributed by atoms with Gasteiger partial charge in [-0.1, -0.05) is 33.6 Å². The largest absolute Gasteiger partial charge is 0.321 e. The molecule has 1 amide bonds. The zero-order valence-electron chi connectivity index (χ0n) is 11.1. The Balaban J connectivity index is 1.85. The van der Waals surface area contributed by atoms with Crippen LogP contribution in [0.2, 0.25) is 5.02 Å². The van der Waals surface area contributed by atoms with E-state index in [-0.39, 0.29) is 5.91 Å². The van der Waals surface area contributed by atoms with Gasteiger partial charge in [-0.15, -0.1) is 5.10 Å². The maximum atomic E-state index is 12.3. The van der Waals surface area contributed by atoms with Crippen LogP contribution in [0.5, 0.6) is 0 Å². The minimum atomic E-state index is -0.265. The van der Waals surface area contributed by atoms with Gasteiger partial charge in [0.2, 0.25) is 0 Å². The van der Waals surface area contributed by atoms with E-state index in [2.05, 4.69) is 36.8 Å². The van der Waals surface area contributed by atoms with Crippen LogP contribution in [0.15, 0.2) is 53.3 Å². The molecule has 110 valence electrons. The van der Waals surface area contributed by atoms with Crippen molar-refractivity contribution < 1.29 is 4.79 Å². The second-order valence-electron chi connectivity index (χ2n) is 4.38. The van der Waals surface area contributed by atoms with Gasteiger partial charge in [0, 0.05) is 10.0 Å². The number of rotatable bonds is 3. The summed E-state index contributed by atoms with van der Waals surface area (Å²) in [5.41, 5.74) is 1.72. The lowest BCUT2D eigenvalue weighted by atomic mass is 10.2. The molecule has 0 bridgehead atoms. The number of halogens is 2. The fourth-order valence-electron chi connectivity index (χ4n) is 1.85. The molecular formula is C14H9BrClN5O. The van der Waals surface area contributed by atoms with Crippen molar-refractivity contribution in [3.8, 4) is 5.69 Å². The summed E-state index contributed by atoms with van der Waals surface area (Å²) in [4.78, 5) is 12.3. The van der Waals surface area contributed by atoms with Gasteiger partial charge in [0.1, 0.15) is 6.33 Å². The first-order valence-electron chi connectivity index (χ1n) is 6.23. The summed E-state index contributed by atoms with van der Waals surface area (Å²) < 4.78 is 2.32. The highest BCUT2D eigenvalue weighted by Gasteiger charge is 2.10. The lowest BCUT2D eigenvalue weighted by Gasteiger charge is -2.08. The maximum absolute atomic E-state index is 12.3. The number of amides is 1. The Kier molecular flexibility index (Phi) is 4.17. The van der Waals surface area contributed by atoms with Crippen LogP contribution in [0.3, 0.4) is 0 Å². The summed E-state index contributed by atoms with van der Waals surface area (Å²) in [5.74, 6) is -0.265. The number of carbonyl (C=O) groups excluding carboxylic acids is 1. The number of aromatic nitrogens is 4. The number of nitrogens with one attached hydrogen (secondary N) is 1. The molecule has 0 spiro atoms. The van der Waals surface area contributed by atoms with E-state index in [0.29, 0.717) is 22.0 Å². The van der Waals surface area contributed by atoms with Crippen LogP contribution >= 0.6 is 27.5 Å². The molecule has 0 fully saturated rings. The van der Waals surface area contributed by atoms with Gasteiger partial charge in [0.25, 0.3) is 5.91 Å². The summed E-state index contributed by atoms with van der Waals surface area (Å²) in [6.45, 7) is 0. The number of anilines is 1. The number of tetrazole rings is 1. The molecule has 2 aromatic carbocycles. The highest BCUT2D eigenvalue weighted by atomic mass is 79.9. The molecule has 0 aliphatic carbocycles. The molecule has 0 saturated heterocycles. The topological polar surface area (TPSA) is 72.7 Å². The van der Waals surface area contributed by atoms with E-state index in [1.165, 1.54) is 11.0 Å². The minimum Gasteiger partial charge on any atom is -0.321 e. The first kappa shape index (κ1) is 14.7. The molecule has 3 aromatic rings. The normalized spacial score (nSPS) is 10.5. The fraction of sp³-hybridized carbons (Fsp3) is 0. The van der Waals surface area contributed by atoms with E-state index >= 15 is 0 Å². The average Bonchev–Trinajstić information content (AvgIpc) is 3.04. The SMILES string of the molecule is O=C(Nc1ccc(Br)cc1Cl)c1cccc(-n2cnnn2)c1. The molecule has 1 heterocycles. The van der Waals surface area contributed by atoms with E-state index in [1.807, 2.05) is 0 Å². The Morgan fingerprint density at radius 3 is 2.82 bits per heavy atom. The number of carbonyl (C=O) groups is 1. The zero-order valence-corrected chi connectivity index (χ0v) is 13.4. The summed E-state index contributed by atoms with van der Waals surface area (Å²) in [6, 6.07) is 12.2. The van der Waals surface area contributed by atoms with Crippen LogP contribution in [0, 0.1) is 0 Å². The van der Waals surface area contributed by atoms with Crippen LogP contribution in [-0.4, -0.2) is 26.1 Å². The lowest BCUT2D eigenvalue weighted by molar-refractivity contribution is 0.102. The highest BCUT2D eigenvalue weighted by molar-refractivity contribution is 9.10. The third-order valence-electron chi connectivity index (χ3n) is 2.90. The van der Waals surface area contributed by atoms with Crippen LogP contribution in [0.1, 0.15) is 10.4 Å². The highest BCUT2D eigenvalue weighted by Crippen LogP contribution is 2.26. The van der Waals surface area contributed by atoms with Gasteiger partial charge in [0.05, 0.1) is 16.4 Å². The lowest BCUT2D eigenvalue weighted by Crippen LogP contribution is -2.12. The molecule has 0 aliphatic rings. The molecule has 0 saturated carbocycles. The number of hydrogen-bond acceptors (Lipinski definition) is 4. The fourth-order valence-corrected chi connectivity index (χ4v) is 2.58. The smallest absolute Gasteiger partial charge is 0.255 e. The predicted molar refractivity (Wildman–Crippen MR) is 86.3 cm³/mol. The van der Waals surface area contributed by atoms with E-state index < -0.39 is 0 Å². The first-order chi connectivity index (χ1) is 10.6. The van der Waals surface area contributed by atoms with Gasteiger partial charge in [-0.05, 0) is 46.8 Å². The third-order valence-corrected chi connectivity index (χ3v) is 3.71. The first-order valence-corrected chi connectivity index (χ1v) is 7.40. The second-order valence-corrected chi connectivity index (χ2v) is 5.71. The Labute approximate surface area is 139 Å². The quantitative estimate of drug-likeness (QED) is 0.759. The van der Waals surface area contributed by atoms with Gasteiger partial charge in [-0.3, -0.25) is 4.79 Å². The van der Waals surface area contributed by atoms with Crippen LogP contribution < -0.4 is 5.32 Å². The Morgan fingerprint density at radius 2 is 2.09 bits per heavy atom. The van der Waals surface area contributed by atoms with Gasteiger partial charge in [-0.25, -0.2) is 4.68 Å². The molecule has 0 radical (unpaired) electrons. The van der Waals surface area contributed by atoms with Crippen LogP contribution in [-0.2, 0) is 0 Å². The Morgan fingerprint density at radius 1 is 1.23 bits per heavy atom. The zero-order chi connectivity index (χ0) is 15.5. The van der Waals surface area contributed by atoms with E-state index in [1.54, 1.807) is 42.5 Å². The second kappa shape index (κ2) is 6.25. The van der Waals surface area contributed by atoms with Gasteiger partial charge in [0.15, 0.2) is 0 Å². The van der Waals surface area contributed by atoms with Crippen molar-refractivity contribution in [2.45, 2.75) is 0 Å². The van der Waals surface area contributed by atoms with Crippen molar-refractivity contribution >= 4 is 39.1 Å². The van der Waals surface area contributed by atoms with E-state index in [9.17, 15) is 4.79 Å². The van der Waals surface area contributed by atoms with Gasteiger partial charge >= 0.3 is 0 Å². The molecule has 1 N–H and O–H groups in total. The summed E-state index contributed by atoms with van der Waals surface area (Å²) in [5, 5.41) is 14.2. The Hall–Kier alpha value is -2.25. The third kappa shape index (κ3) is 3.15. The van der Waals surface area contributed by atoms with Crippen LogP contribution in [0.25, 0.3) is 5.69 Å². The number of benzene rings is 2. The summed E-state index contributed by atoms with van der Waals surface area (Å²) in [7, 11) is 0. The Bertz CT molecular complexity index is 822. The molecule has 22 heavy (non-hydrogen) atoms. The number of hydrogen-bond donors (Lipinski definition) is 1. The molecule has 0 atom stereocenters. The molecule has 0 aliphatic heterocycles. The minimum absolute atomic E-state index is 0.265. The summed E-state index contributed by atoms with van der Waals surface area (Å²) in [6.07, 6.45) is 1.46. The van der Waals surface area contributed by atoms with Crippen molar-refractivity contribution in [2.75, 3.05) is 5.32 Å². The monoisotopic (exact) mass is 377 g/mol. The van der Waals surface area contributed by atoms with Crippen molar-refractivity contribution in [1.29, 1.82) is 0 Å². The van der Waals surface area contributed by atoms with Crippen molar-refractivity contribution in [2.24, 2.45) is 0 Å². The van der Waals surface area contributed by atoms with E-state index in [0.717, 1.165) is 4.47 Å². The molecule has 1 aromatic heterocycles. The number of nitrogens with zero attached hydrogens (tertiary/aromatic N) is 4. The average molecular weight is 379 g/mol. The van der Waals surface area contributed by atoms with Crippen molar-refractivity contribution in [3.05, 3.63) is 63.9 Å². The molecule has 0 unspecified atom stereocenters. The molecule has 6 nitrogen and oxygen atoms in total. The standard InChI is InChI=1S/C14H9BrClN5O/c15-10-4-5-13(12(16)7-10)18-14(22)9-2-1-3-11(6-9)21-8-17-19-20-21/h1-8H,(H,18,22). The predicted octanol–water partition coefficient (Wildman–Crippen LogP) is 3.33. The van der Waals surface area contributed by atoms with Gasteiger partial charge < -0.3 is 5.32 Å². The van der Waals surface area contributed by atoms with Gasteiger partial charge in [-0.2, -0.15) is 0 Å². The van der Waals surface area contributed by atoms with E-state index in [4.69, 9.17) is 11.6 Å². The molecule has 3 rings (SSSR count). The maximum Gasteiger partial charge on any atom is 0.255 e. The summed E-state index contributed by atoms with van der Waals surface area (Å²) >= 11 is 9.42. The molecular weight excluding hydrogens is 370 g/mol.